The molecule has 2 heteroatoms. The molecule has 0 aliphatic rings. The van der Waals surface area contributed by atoms with E-state index in [9.17, 15) is 0 Å². The second-order valence-corrected chi connectivity index (χ2v) is 2.55. The molecule has 0 aromatic rings. The Balaban J connectivity index is 3.80. The summed E-state index contributed by atoms with van der Waals surface area (Å²) in [5.74, 6) is 20.6. The molecule has 0 heterocycles. The lowest BCUT2D eigenvalue weighted by Crippen LogP contribution is -2.10. The average Bonchev–Trinajstić information content (AvgIpc) is 2.26. The maximum Gasteiger partial charge on any atom is 0.0780 e. The van der Waals surface area contributed by atoms with Gasteiger partial charge in [-0.25, -0.2) is 0 Å². The van der Waals surface area contributed by atoms with Crippen LogP contribution in [0, 0.1) is 47.4 Å². The van der Waals surface area contributed by atoms with E-state index in [4.69, 9.17) is 10.2 Å². The fourth-order valence-corrected chi connectivity index (χ4v) is 0.624. The molecule has 2 nitrogen and oxygen atoms in total. The number of rotatable bonds is 3. The van der Waals surface area contributed by atoms with Gasteiger partial charge in [-0.3, -0.25) is 0 Å². The zero-order valence-electron chi connectivity index (χ0n) is 8.59. The van der Waals surface area contributed by atoms with Crippen LogP contribution < -0.4 is 0 Å². The summed E-state index contributed by atoms with van der Waals surface area (Å²) in [7, 11) is 0. The molecular formula is C13H12O2. The highest BCUT2D eigenvalue weighted by Gasteiger charge is 1.97. The summed E-state index contributed by atoms with van der Waals surface area (Å²) in [5, 5.41) is 17.5. The molecule has 0 aromatic heterocycles. The van der Waals surface area contributed by atoms with Gasteiger partial charge in [0.05, 0.1) is 12.7 Å². The van der Waals surface area contributed by atoms with Gasteiger partial charge in [0.2, 0.25) is 0 Å². The van der Waals surface area contributed by atoms with Gasteiger partial charge in [-0.15, -0.1) is 0 Å². The average molecular weight is 200 g/mol. The number of aliphatic hydroxyl groups excluding tert-OH is 2. The van der Waals surface area contributed by atoms with Crippen molar-refractivity contribution < 1.29 is 10.2 Å². The van der Waals surface area contributed by atoms with Crippen LogP contribution in [0.25, 0.3) is 0 Å². The quantitative estimate of drug-likeness (QED) is 0.637. The highest BCUT2D eigenvalue weighted by Crippen LogP contribution is 1.93. The highest BCUT2D eigenvalue weighted by molar-refractivity contribution is 5.39. The van der Waals surface area contributed by atoms with E-state index in [1.807, 2.05) is 0 Å². The third kappa shape index (κ3) is 10.1. The minimum Gasteiger partial charge on any atom is -0.394 e. The first kappa shape index (κ1) is 13.2. The van der Waals surface area contributed by atoms with Gasteiger partial charge in [-0.2, -0.15) is 0 Å². The predicted octanol–water partition coefficient (Wildman–Crippen LogP) is 0.153. The lowest BCUT2D eigenvalue weighted by molar-refractivity contribution is 0.0896. The Hall–Kier alpha value is -1.84. The molecule has 0 bridgehead atoms. The van der Waals surface area contributed by atoms with E-state index in [-0.39, 0.29) is 6.61 Å². The topological polar surface area (TPSA) is 40.5 Å². The maximum atomic E-state index is 8.97. The van der Waals surface area contributed by atoms with Gasteiger partial charge >= 0.3 is 0 Å². The van der Waals surface area contributed by atoms with Crippen molar-refractivity contribution in [2.45, 2.75) is 25.9 Å². The summed E-state index contributed by atoms with van der Waals surface area (Å²) >= 11 is 0. The Morgan fingerprint density at radius 1 is 1.00 bits per heavy atom. The first-order valence-corrected chi connectivity index (χ1v) is 4.49. The Morgan fingerprint density at radius 2 is 1.60 bits per heavy atom. The third-order valence-corrected chi connectivity index (χ3v) is 1.34. The van der Waals surface area contributed by atoms with E-state index in [1.165, 1.54) is 0 Å². The van der Waals surface area contributed by atoms with Crippen molar-refractivity contribution in [1.82, 2.24) is 0 Å². The van der Waals surface area contributed by atoms with E-state index in [0.29, 0.717) is 12.8 Å². The van der Waals surface area contributed by atoms with Crippen molar-refractivity contribution >= 4 is 0 Å². The monoisotopic (exact) mass is 200 g/mol. The van der Waals surface area contributed by atoms with Gasteiger partial charge in [-0.1, -0.05) is 11.8 Å². The Morgan fingerprint density at radius 3 is 2.20 bits per heavy atom. The van der Waals surface area contributed by atoms with E-state index >= 15 is 0 Å². The molecule has 1 atom stereocenters. The summed E-state index contributed by atoms with van der Waals surface area (Å²) in [6.45, 7) is 1.48. The molecule has 0 saturated heterocycles. The highest BCUT2D eigenvalue weighted by atomic mass is 16.3. The smallest absolute Gasteiger partial charge is 0.0780 e. The normalized spacial score (nSPS) is 8.73. The van der Waals surface area contributed by atoms with E-state index in [2.05, 4.69) is 47.4 Å². The van der Waals surface area contributed by atoms with E-state index in [0.717, 1.165) is 0 Å². The molecule has 0 fully saturated rings. The van der Waals surface area contributed by atoms with E-state index < -0.39 is 6.10 Å². The molecule has 0 unspecified atom stereocenters. The zero-order chi connectivity index (χ0) is 11.4. The summed E-state index contributed by atoms with van der Waals surface area (Å²) in [6.07, 6.45) is 0.281. The van der Waals surface area contributed by atoms with Crippen molar-refractivity contribution in [3.63, 3.8) is 0 Å². The van der Waals surface area contributed by atoms with Crippen LogP contribution in [0.15, 0.2) is 0 Å². The Kier molecular flexibility index (Phi) is 8.99. The largest absolute Gasteiger partial charge is 0.394 e. The third-order valence-electron chi connectivity index (χ3n) is 1.34. The molecular weight excluding hydrogens is 188 g/mol. The fraction of sp³-hybridized carbons (Fsp3) is 0.385. The molecule has 0 saturated carbocycles. The Bertz CT molecular complexity index is 404. The molecule has 0 rings (SSSR count). The number of hydrogen-bond acceptors (Lipinski definition) is 2. The lowest BCUT2D eigenvalue weighted by atomic mass is 10.2. The van der Waals surface area contributed by atoms with Crippen LogP contribution in [0.2, 0.25) is 0 Å². The van der Waals surface area contributed by atoms with Crippen molar-refractivity contribution in [2.75, 3.05) is 6.61 Å². The van der Waals surface area contributed by atoms with Crippen LogP contribution >= 0.6 is 0 Å². The molecule has 0 amide bonds. The molecule has 0 spiro atoms. The fourth-order valence-electron chi connectivity index (χ4n) is 0.624. The molecule has 0 aliphatic heterocycles. The summed E-state index contributed by atoms with van der Waals surface area (Å²) in [4.78, 5) is 0. The molecule has 15 heavy (non-hydrogen) atoms. The minimum atomic E-state index is -0.688. The standard InChI is InChI=1S/C13H12O2/c1-2-3-4-5-6-7-8-9-10-11-13(15)12-14/h13-15H,10-12H2,1H3/t13-/m0/s1. The molecule has 0 aromatic carbocycles. The van der Waals surface area contributed by atoms with Crippen LogP contribution in [0.4, 0.5) is 0 Å². The maximum absolute atomic E-state index is 8.97. The van der Waals surface area contributed by atoms with Crippen LogP contribution in [-0.2, 0) is 0 Å². The number of aliphatic hydroxyl groups is 2. The number of hydrogen-bond donors (Lipinski definition) is 2. The summed E-state index contributed by atoms with van der Waals surface area (Å²) in [5.41, 5.74) is 0. The van der Waals surface area contributed by atoms with Gasteiger partial charge in [0.15, 0.2) is 0 Å². The summed E-state index contributed by atoms with van der Waals surface area (Å²) < 4.78 is 0. The van der Waals surface area contributed by atoms with Crippen LogP contribution in [-0.4, -0.2) is 22.9 Å². The Labute approximate surface area is 90.7 Å². The molecule has 2 N–H and O–H groups in total. The summed E-state index contributed by atoms with van der Waals surface area (Å²) in [6, 6.07) is 0. The van der Waals surface area contributed by atoms with Crippen LogP contribution in [0.3, 0.4) is 0 Å². The zero-order valence-corrected chi connectivity index (χ0v) is 8.59. The van der Waals surface area contributed by atoms with Crippen molar-refractivity contribution in [3.05, 3.63) is 0 Å². The SMILES string of the molecule is CC#CC#CC#CC#CCC[C@H](O)CO. The minimum absolute atomic E-state index is 0.228. The second kappa shape index (κ2) is 10.2. The van der Waals surface area contributed by atoms with Crippen molar-refractivity contribution in [1.29, 1.82) is 0 Å². The van der Waals surface area contributed by atoms with Gasteiger partial charge in [0.1, 0.15) is 0 Å². The van der Waals surface area contributed by atoms with Gasteiger partial charge in [0, 0.05) is 6.42 Å². The van der Waals surface area contributed by atoms with Crippen molar-refractivity contribution in [2.24, 2.45) is 0 Å². The second-order valence-electron chi connectivity index (χ2n) is 2.55. The van der Waals surface area contributed by atoms with Gasteiger partial charge in [0.25, 0.3) is 0 Å². The van der Waals surface area contributed by atoms with E-state index in [1.54, 1.807) is 6.92 Å². The van der Waals surface area contributed by atoms with Crippen LogP contribution in [0.5, 0.6) is 0 Å². The van der Waals surface area contributed by atoms with Gasteiger partial charge in [-0.05, 0) is 48.9 Å². The molecule has 0 aliphatic carbocycles. The predicted molar refractivity (Wildman–Crippen MR) is 59.1 cm³/mol. The molecule has 76 valence electrons. The lowest BCUT2D eigenvalue weighted by Gasteiger charge is -2.00. The first-order valence-electron chi connectivity index (χ1n) is 4.49. The van der Waals surface area contributed by atoms with Crippen molar-refractivity contribution in [3.8, 4) is 47.4 Å². The van der Waals surface area contributed by atoms with Gasteiger partial charge < -0.3 is 10.2 Å². The van der Waals surface area contributed by atoms with Crippen LogP contribution in [0.1, 0.15) is 19.8 Å². The molecule has 0 radical (unpaired) electrons. The first-order chi connectivity index (χ1) is 7.31.